The van der Waals surface area contributed by atoms with Gasteiger partial charge in [0.25, 0.3) is 0 Å². The molecule has 0 saturated heterocycles. The number of nitrogens with two attached hydrogens (primary N) is 1. The number of para-hydroxylation sites is 1. The van der Waals surface area contributed by atoms with Crippen LogP contribution in [0.2, 0.25) is 0 Å². The molecule has 1 unspecified atom stereocenters. The maximum absolute atomic E-state index is 11.3. The normalized spacial score (nSPS) is 12.3. The predicted octanol–water partition coefficient (Wildman–Crippen LogP) is 1.66. The molecule has 0 amide bonds. The fourth-order valence-electron chi connectivity index (χ4n) is 2.42. The van der Waals surface area contributed by atoms with Crippen LogP contribution in [0.5, 0.6) is 0 Å². The van der Waals surface area contributed by atoms with Gasteiger partial charge in [0.1, 0.15) is 11.4 Å². The zero-order valence-electron chi connectivity index (χ0n) is 12.5. The third-order valence-electron chi connectivity index (χ3n) is 3.16. The molecule has 0 aromatic heterocycles. The smallest absolute Gasteiger partial charge is 0.316 e. The van der Waals surface area contributed by atoms with Crippen molar-refractivity contribution in [2.24, 2.45) is 5.84 Å². The van der Waals surface area contributed by atoms with Crippen molar-refractivity contribution in [3.05, 3.63) is 28.3 Å². The first-order valence-electron chi connectivity index (χ1n) is 6.57. The number of rotatable bonds is 7. The molecular weight excluding hydrogens is 258 g/mol. The van der Waals surface area contributed by atoms with E-state index in [0.717, 1.165) is 6.54 Å². The van der Waals surface area contributed by atoms with Gasteiger partial charge in [-0.1, -0.05) is 6.07 Å². The molecule has 1 rings (SSSR count). The summed E-state index contributed by atoms with van der Waals surface area (Å²) in [6, 6.07) is 5.28. The van der Waals surface area contributed by atoms with E-state index in [1.54, 1.807) is 18.2 Å². The van der Waals surface area contributed by atoms with E-state index >= 15 is 0 Å². The molecule has 1 aromatic carbocycles. The Morgan fingerprint density at radius 3 is 2.55 bits per heavy atom. The lowest BCUT2D eigenvalue weighted by molar-refractivity contribution is -0.383. The number of likely N-dealkylation sites (N-methyl/N-ethyl adjacent to an activating group) is 2. The molecule has 7 nitrogen and oxygen atoms in total. The summed E-state index contributed by atoms with van der Waals surface area (Å²) in [6.07, 6.45) is 0. The van der Waals surface area contributed by atoms with Crippen LogP contribution in [0.1, 0.15) is 13.8 Å². The molecule has 0 aliphatic heterocycles. The highest BCUT2D eigenvalue weighted by molar-refractivity contribution is 5.77. The Kier molecular flexibility index (Phi) is 5.72. The molecule has 20 heavy (non-hydrogen) atoms. The summed E-state index contributed by atoms with van der Waals surface area (Å²) in [7, 11) is 3.97. The molecule has 0 saturated carbocycles. The number of nitro groups is 1. The highest BCUT2D eigenvalue weighted by atomic mass is 16.6. The number of benzene rings is 1. The van der Waals surface area contributed by atoms with E-state index in [4.69, 9.17) is 5.84 Å². The summed E-state index contributed by atoms with van der Waals surface area (Å²) in [5, 5.41) is 11.3. The van der Waals surface area contributed by atoms with Crippen molar-refractivity contribution >= 4 is 17.1 Å². The van der Waals surface area contributed by atoms with Gasteiger partial charge in [-0.2, -0.15) is 0 Å². The van der Waals surface area contributed by atoms with E-state index in [9.17, 15) is 10.1 Å². The van der Waals surface area contributed by atoms with E-state index in [1.165, 1.54) is 0 Å². The lowest BCUT2D eigenvalue weighted by atomic mass is 10.1. The van der Waals surface area contributed by atoms with Crippen molar-refractivity contribution in [1.29, 1.82) is 0 Å². The topological polar surface area (TPSA) is 87.7 Å². The van der Waals surface area contributed by atoms with Crippen LogP contribution in [0, 0.1) is 10.1 Å². The summed E-state index contributed by atoms with van der Waals surface area (Å²) in [5.74, 6) is 5.37. The second-order valence-corrected chi connectivity index (χ2v) is 4.97. The van der Waals surface area contributed by atoms with Crippen LogP contribution in [-0.4, -0.2) is 43.0 Å². The molecule has 7 heteroatoms. The lowest BCUT2D eigenvalue weighted by Crippen LogP contribution is -2.40. The molecule has 3 N–H and O–H groups in total. The molecule has 0 aliphatic carbocycles. The predicted molar refractivity (Wildman–Crippen MR) is 81.9 cm³/mol. The summed E-state index contributed by atoms with van der Waals surface area (Å²) >= 11 is 0. The van der Waals surface area contributed by atoms with Gasteiger partial charge in [0.15, 0.2) is 0 Å². The van der Waals surface area contributed by atoms with Crippen molar-refractivity contribution < 1.29 is 4.92 Å². The molecule has 0 aliphatic rings. The standard InChI is InChI=1S/C13H23N5O2/c1-5-17(10(2)9-16(3)4)12-8-6-7-11(15-14)13(12)18(19)20/h6-8,10,15H,5,9,14H2,1-4H3. The third-order valence-corrected chi connectivity index (χ3v) is 3.16. The van der Waals surface area contributed by atoms with Gasteiger partial charge in [0.05, 0.1) is 4.92 Å². The number of hydrogen-bond acceptors (Lipinski definition) is 6. The van der Waals surface area contributed by atoms with Crippen LogP contribution in [0.4, 0.5) is 17.1 Å². The monoisotopic (exact) mass is 281 g/mol. The Morgan fingerprint density at radius 1 is 1.45 bits per heavy atom. The fourth-order valence-corrected chi connectivity index (χ4v) is 2.42. The molecule has 112 valence electrons. The Bertz CT molecular complexity index is 464. The molecular formula is C13H23N5O2. The number of nitrogens with zero attached hydrogens (tertiary/aromatic N) is 3. The molecule has 0 fully saturated rings. The number of anilines is 2. The lowest BCUT2D eigenvalue weighted by Gasteiger charge is -2.32. The van der Waals surface area contributed by atoms with Crippen LogP contribution in [0.25, 0.3) is 0 Å². The first kappa shape index (κ1) is 16.2. The minimum Gasteiger partial charge on any atom is -0.362 e. The molecule has 1 aromatic rings. The van der Waals surface area contributed by atoms with Gasteiger partial charge < -0.3 is 15.2 Å². The maximum atomic E-state index is 11.3. The highest BCUT2D eigenvalue weighted by Gasteiger charge is 2.25. The molecule has 0 radical (unpaired) electrons. The van der Waals surface area contributed by atoms with Gasteiger partial charge in [-0.15, -0.1) is 0 Å². The van der Waals surface area contributed by atoms with Crippen molar-refractivity contribution in [2.75, 3.05) is 37.5 Å². The SMILES string of the molecule is CCN(c1cccc(NN)c1[N+](=O)[O-])C(C)CN(C)C. The molecule has 0 spiro atoms. The largest absolute Gasteiger partial charge is 0.362 e. The molecule has 0 bridgehead atoms. The van der Waals surface area contributed by atoms with E-state index in [2.05, 4.69) is 17.2 Å². The Balaban J connectivity index is 3.24. The second-order valence-electron chi connectivity index (χ2n) is 4.97. The van der Waals surface area contributed by atoms with Crippen LogP contribution in [-0.2, 0) is 0 Å². The van der Waals surface area contributed by atoms with Gasteiger partial charge in [-0.3, -0.25) is 16.0 Å². The average molecular weight is 281 g/mol. The van der Waals surface area contributed by atoms with Crippen molar-refractivity contribution in [3.8, 4) is 0 Å². The Morgan fingerprint density at radius 2 is 2.10 bits per heavy atom. The van der Waals surface area contributed by atoms with Crippen LogP contribution >= 0.6 is 0 Å². The summed E-state index contributed by atoms with van der Waals surface area (Å²) < 4.78 is 0. The zero-order valence-corrected chi connectivity index (χ0v) is 12.5. The number of hydrogen-bond donors (Lipinski definition) is 2. The van der Waals surface area contributed by atoms with E-state index in [1.807, 2.05) is 25.9 Å². The van der Waals surface area contributed by atoms with Gasteiger partial charge in [-0.25, -0.2) is 0 Å². The number of nitrogens with one attached hydrogen (secondary N) is 1. The van der Waals surface area contributed by atoms with Crippen molar-refractivity contribution in [2.45, 2.75) is 19.9 Å². The number of nitrogen functional groups attached to an aromatic ring is 1. The van der Waals surface area contributed by atoms with Crippen LogP contribution in [0.3, 0.4) is 0 Å². The minimum atomic E-state index is -0.393. The van der Waals surface area contributed by atoms with E-state index in [-0.39, 0.29) is 11.7 Å². The third kappa shape index (κ3) is 3.58. The zero-order chi connectivity index (χ0) is 15.3. The number of nitro benzene ring substituents is 1. The fraction of sp³-hybridized carbons (Fsp3) is 0.538. The van der Waals surface area contributed by atoms with Gasteiger partial charge in [0, 0.05) is 19.1 Å². The summed E-state index contributed by atoms with van der Waals surface area (Å²) in [6.45, 7) is 5.53. The highest BCUT2D eigenvalue weighted by Crippen LogP contribution is 2.35. The maximum Gasteiger partial charge on any atom is 0.316 e. The van der Waals surface area contributed by atoms with Crippen molar-refractivity contribution in [1.82, 2.24) is 4.90 Å². The van der Waals surface area contributed by atoms with E-state index < -0.39 is 4.92 Å². The second kappa shape index (κ2) is 7.06. The van der Waals surface area contributed by atoms with Gasteiger partial charge >= 0.3 is 5.69 Å². The van der Waals surface area contributed by atoms with Crippen LogP contribution < -0.4 is 16.2 Å². The number of hydrazine groups is 1. The quantitative estimate of drug-likeness (QED) is 0.449. The first-order chi connectivity index (χ1) is 9.42. The van der Waals surface area contributed by atoms with Crippen LogP contribution in [0.15, 0.2) is 18.2 Å². The van der Waals surface area contributed by atoms with Gasteiger partial charge in [-0.05, 0) is 40.1 Å². The first-order valence-corrected chi connectivity index (χ1v) is 6.57. The summed E-state index contributed by atoms with van der Waals surface area (Å²) in [4.78, 5) is 15.0. The van der Waals surface area contributed by atoms with E-state index in [0.29, 0.717) is 17.9 Å². The average Bonchev–Trinajstić information content (AvgIpc) is 2.37. The molecule has 1 atom stereocenters. The Hall–Kier alpha value is -1.86. The summed E-state index contributed by atoms with van der Waals surface area (Å²) in [5.41, 5.74) is 3.32. The van der Waals surface area contributed by atoms with Crippen molar-refractivity contribution in [3.63, 3.8) is 0 Å². The van der Waals surface area contributed by atoms with Gasteiger partial charge in [0.2, 0.25) is 0 Å². The Labute approximate surface area is 119 Å². The minimum absolute atomic E-state index is 0.0162. The molecule has 0 heterocycles.